The van der Waals surface area contributed by atoms with Gasteiger partial charge in [-0.3, -0.25) is 14.3 Å². The van der Waals surface area contributed by atoms with Crippen molar-refractivity contribution in [2.45, 2.75) is 19.4 Å². The van der Waals surface area contributed by atoms with Crippen molar-refractivity contribution in [3.63, 3.8) is 0 Å². The van der Waals surface area contributed by atoms with Gasteiger partial charge in [0, 0.05) is 24.7 Å². The van der Waals surface area contributed by atoms with Gasteiger partial charge in [-0.05, 0) is 24.6 Å². The van der Waals surface area contributed by atoms with E-state index in [0.29, 0.717) is 35.7 Å². The zero-order chi connectivity index (χ0) is 17.5. The highest BCUT2D eigenvalue weighted by Crippen LogP contribution is 2.27. The Hall–Kier alpha value is -3.03. The molecule has 24 heavy (non-hydrogen) atoms. The quantitative estimate of drug-likeness (QED) is 0.766. The number of benzene rings is 1. The van der Waals surface area contributed by atoms with Gasteiger partial charge in [-0.2, -0.15) is 5.10 Å². The van der Waals surface area contributed by atoms with Gasteiger partial charge in [0.25, 0.3) is 5.91 Å². The van der Waals surface area contributed by atoms with Gasteiger partial charge >= 0.3 is 5.97 Å². The highest BCUT2D eigenvalue weighted by atomic mass is 16.5. The Balaban J connectivity index is 1.99. The fourth-order valence-corrected chi connectivity index (χ4v) is 2.12. The Morgan fingerprint density at radius 2 is 2.00 bits per heavy atom. The molecule has 0 fully saturated rings. The zero-order valence-electron chi connectivity index (χ0n) is 13.5. The molecule has 2 aromatic rings. The lowest BCUT2D eigenvalue weighted by Crippen LogP contribution is -2.11. The molecule has 0 unspecified atom stereocenters. The smallest absolute Gasteiger partial charge is 0.303 e. The third-order valence-corrected chi connectivity index (χ3v) is 3.31. The van der Waals surface area contributed by atoms with E-state index in [9.17, 15) is 9.59 Å². The SMILES string of the molecule is COc1ccc(C(=O)Nc2cnn(CCCC(=O)O)c2)cc1OC. The highest BCUT2D eigenvalue weighted by molar-refractivity contribution is 6.04. The lowest BCUT2D eigenvalue weighted by Gasteiger charge is -2.09. The Kier molecular flexibility index (Phi) is 5.78. The summed E-state index contributed by atoms with van der Waals surface area (Å²) in [6.45, 7) is 0.471. The molecule has 8 nitrogen and oxygen atoms in total. The predicted octanol–water partition coefficient (Wildman–Crippen LogP) is 2.02. The van der Waals surface area contributed by atoms with E-state index in [1.807, 2.05) is 0 Å². The van der Waals surface area contributed by atoms with Crippen molar-refractivity contribution in [1.29, 1.82) is 0 Å². The van der Waals surface area contributed by atoms with Crippen LogP contribution in [0.4, 0.5) is 5.69 Å². The summed E-state index contributed by atoms with van der Waals surface area (Å²) in [4.78, 5) is 22.8. The molecule has 0 saturated carbocycles. The zero-order valence-corrected chi connectivity index (χ0v) is 13.5. The Morgan fingerprint density at radius 1 is 1.25 bits per heavy atom. The van der Waals surface area contributed by atoms with E-state index in [2.05, 4.69) is 10.4 Å². The predicted molar refractivity (Wildman–Crippen MR) is 86.6 cm³/mol. The van der Waals surface area contributed by atoms with Gasteiger partial charge in [0.15, 0.2) is 11.5 Å². The summed E-state index contributed by atoms with van der Waals surface area (Å²) < 4.78 is 11.9. The van der Waals surface area contributed by atoms with Gasteiger partial charge in [0.1, 0.15) is 0 Å². The summed E-state index contributed by atoms with van der Waals surface area (Å²) in [7, 11) is 3.02. The molecular formula is C16H19N3O5. The molecule has 0 aliphatic heterocycles. The second kappa shape index (κ2) is 8.00. The minimum Gasteiger partial charge on any atom is -0.493 e. The number of carbonyl (C=O) groups excluding carboxylic acids is 1. The minimum atomic E-state index is -0.843. The largest absolute Gasteiger partial charge is 0.493 e. The summed E-state index contributed by atoms with van der Waals surface area (Å²) in [6.07, 6.45) is 3.72. The number of aromatic nitrogens is 2. The maximum atomic E-state index is 12.3. The Bertz CT molecular complexity index is 726. The molecule has 0 bridgehead atoms. The Labute approximate surface area is 139 Å². The van der Waals surface area contributed by atoms with Crippen LogP contribution in [0, 0.1) is 0 Å². The van der Waals surface area contributed by atoms with Crippen LogP contribution >= 0.6 is 0 Å². The standard InChI is InChI=1S/C16H19N3O5/c1-23-13-6-5-11(8-14(13)24-2)16(22)18-12-9-17-19(10-12)7-3-4-15(20)21/h5-6,8-10H,3-4,7H2,1-2H3,(H,18,22)(H,20,21). The summed E-state index contributed by atoms with van der Waals surface area (Å²) in [5.74, 6) is -0.139. The van der Waals surface area contributed by atoms with Gasteiger partial charge in [0.2, 0.25) is 0 Å². The van der Waals surface area contributed by atoms with E-state index in [0.717, 1.165) is 0 Å². The van der Waals surface area contributed by atoms with E-state index < -0.39 is 5.97 Å². The third-order valence-electron chi connectivity index (χ3n) is 3.31. The molecule has 0 atom stereocenters. The summed E-state index contributed by atoms with van der Waals surface area (Å²) in [6, 6.07) is 4.88. The van der Waals surface area contributed by atoms with E-state index >= 15 is 0 Å². The molecule has 0 aliphatic carbocycles. The molecule has 1 amide bonds. The molecule has 0 aliphatic rings. The number of methoxy groups -OCH3 is 2. The van der Waals surface area contributed by atoms with E-state index in [-0.39, 0.29) is 12.3 Å². The number of anilines is 1. The monoisotopic (exact) mass is 333 g/mol. The molecule has 0 radical (unpaired) electrons. The van der Waals surface area contributed by atoms with Gasteiger partial charge in [0.05, 0.1) is 26.1 Å². The number of nitrogens with zero attached hydrogens (tertiary/aromatic N) is 2. The van der Waals surface area contributed by atoms with E-state index in [1.165, 1.54) is 20.4 Å². The molecule has 8 heteroatoms. The van der Waals surface area contributed by atoms with Crippen molar-refractivity contribution in [3.8, 4) is 11.5 Å². The first kappa shape index (κ1) is 17.3. The number of nitrogens with one attached hydrogen (secondary N) is 1. The van der Waals surface area contributed by atoms with Crippen LogP contribution < -0.4 is 14.8 Å². The van der Waals surface area contributed by atoms with Crippen LogP contribution in [0.1, 0.15) is 23.2 Å². The van der Waals surface area contributed by atoms with Crippen LogP contribution in [0.15, 0.2) is 30.6 Å². The van der Waals surface area contributed by atoms with Crippen molar-refractivity contribution in [2.24, 2.45) is 0 Å². The number of aliphatic carboxylic acids is 1. The fourth-order valence-electron chi connectivity index (χ4n) is 2.12. The Morgan fingerprint density at radius 3 is 2.67 bits per heavy atom. The van der Waals surface area contributed by atoms with Gasteiger partial charge in [-0.25, -0.2) is 0 Å². The van der Waals surface area contributed by atoms with Crippen molar-refractivity contribution in [2.75, 3.05) is 19.5 Å². The molecule has 1 heterocycles. The highest BCUT2D eigenvalue weighted by Gasteiger charge is 2.12. The van der Waals surface area contributed by atoms with Crippen LogP contribution in [0.5, 0.6) is 11.5 Å². The molecular weight excluding hydrogens is 314 g/mol. The average Bonchev–Trinajstić information content (AvgIpc) is 3.01. The lowest BCUT2D eigenvalue weighted by atomic mass is 10.2. The van der Waals surface area contributed by atoms with Crippen molar-refractivity contribution < 1.29 is 24.2 Å². The van der Waals surface area contributed by atoms with Crippen molar-refractivity contribution in [1.82, 2.24) is 9.78 Å². The van der Waals surface area contributed by atoms with Gasteiger partial charge in [-0.15, -0.1) is 0 Å². The maximum Gasteiger partial charge on any atom is 0.303 e. The number of carboxylic acids is 1. The second-order valence-corrected chi connectivity index (χ2v) is 5.01. The molecule has 128 valence electrons. The van der Waals surface area contributed by atoms with Crippen LogP contribution in [0.2, 0.25) is 0 Å². The molecule has 2 rings (SSSR count). The summed E-state index contributed by atoms with van der Waals surface area (Å²) >= 11 is 0. The van der Waals surface area contributed by atoms with Crippen LogP contribution in [-0.4, -0.2) is 41.0 Å². The maximum absolute atomic E-state index is 12.3. The lowest BCUT2D eigenvalue weighted by molar-refractivity contribution is -0.137. The number of ether oxygens (including phenoxy) is 2. The number of carbonyl (C=O) groups is 2. The van der Waals surface area contributed by atoms with Crippen LogP contribution in [-0.2, 0) is 11.3 Å². The van der Waals surface area contributed by atoms with Crippen LogP contribution in [0.25, 0.3) is 0 Å². The van der Waals surface area contributed by atoms with Crippen molar-refractivity contribution >= 4 is 17.6 Å². The molecule has 0 spiro atoms. The van der Waals surface area contributed by atoms with E-state index in [4.69, 9.17) is 14.6 Å². The van der Waals surface area contributed by atoms with Crippen LogP contribution in [0.3, 0.4) is 0 Å². The molecule has 0 saturated heterocycles. The topological polar surface area (TPSA) is 103 Å². The molecule has 1 aromatic heterocycles. The number of carboxylic acid groups (broad SMARTS) is 1. The van der Waals surface area contributed by atoms with Gasteiger partial charge < -0.3 is 19.9 Å². The summed E-state index contributed by atoms with van der Waals surface area (Å²) in [5.41, 5.74) is 0.955. The first-order valence-corrected chi connectivity index (χ1v) is 7.31. The molecule has 2 N–H and O–H groups in total. The first-order valence-electron chi connectivity index (χ1n) is 7.31. The minimum absolute atomic E-state index is 0.0766. The number of amides is 1. The normalized spacial score (nSPS) is 10.2. The average molecular weight is 333 g/mol. The third kappa shape index (κ3) is 4.48. The molecule has 1 aromatic carbocycles. The number of aryl methyl sites for hydroxylation is 1. The number of hydrogen-bond acceptors (Lipinski definition) is 5. The summed E-state index contributed by atoms with van der Waals surface area (Å²) in [5, 5.41) is 15.4. The number of rotatable bonds is 8. The number of hydrogen-bond donors (Lipinski definition) is 2. The fraction of sp³-hybridized carbons (Fsp3) is 0.312. The second-order valence-electron chi connectivity index (χ2n) is 5.01. The van der Waals surface area contributed by atoms with E-state index in [1.54, 1.807) is 29.1 Å². The van der Waals surface area contributed by atoms with Crippen molar-refractivity contribution in [3.05, 3.63) is 36.2 Å². The van der Waals surface area contributed by atoms with Gasteiger partial charge in [-0.1, -0.05) is 0 Å². The first-order chi connectivity index (χ1) is 11.5.